The number of pyridine rings is 1. The summed E-state index contributed by atoms with van der Waals surface area (Å²) < 4.78 is 0. The largest absolute Gasteiger partial charge is 0.384 e. The molecule has 12 heteroatoms. The van der Waals surface area contributed by atoms with Crippen molar-refractivity contribution < 1.29 is 4.79 Å². The van der Waals surface area contributed by atoms with E-state index in [4.69, 9.17) is 5.73 Å². The number of aromatic nitrogens is 5. The fraction of sp³-hybridized carbons (Fsp3) is 0.0952. The van der Waals surface area contributed by atoms with E-state index in [1.807, 2.05) is 32.0 Å². The summed E-state index contributed by atoms with van der Waals surface area (Å²) in [6, 6.07) is 11.5. The number of amides is 2. The summed E-state index contributed by atoms with van der Waals surface area (Å²) in [5.41, 5.74) is 8.27. The molecule has 33 heavy (non-hydrogen) atoms. The molecule has 7 N–H and O–H groups in total. The van der Waals surface area contributed by atoms with Crippen molar-refractivity contribution in [3.63, 3.8) is 0 Å². The Labute approximate surface area is 192 Å². The van der Waals surface area contributed by atoms with Gasteiger partial charge >= 0.3 is 6.03 Å². The number of rotatable bonds is 6. The SMILES string of the molecule is Cc1cc(Nc2cc(N)[nH]n2)nc(Sc2ccc(NC(=O)Nc3ccc(=O)[nH]c3)cc2C)n1. The van der Waals surface area contributed by atoms with Crippen molar-refractivity contribution in [3.05, 3.63) is 70.3 Å². The van der Waals surface area contributed by atoms with Gasteiger partial charge < -0.3 is 26.7 Å². The number of anilines is 5. The van der Waals surface area contributed by atoms with E-state index in [2.05, 4.69) is 41.1 Å². The van der Waals surface area contributed by atoms with Crippen molar-refractivity contribution in [3.8, 4) is 0 Å². The lowest BCUT2D eigenvalue weighted by Gasteiger charge is -2.11. The van der Waals surface area contributed by atoms with Crippen molar-refractivity contribution in [2.24, 2.45) is 0 Å². The van der Waals surface area contributed by atoms with Gasteiger partial charge in [-0.2, -0.15) is 5.10 Å². The second kappa shape index (κ2) is 9.44. The van der Waals surface area contributed by atoms with Crippen molar-refractivity contribution in [1.82, 2.24) is 25.1 Å². The normalized spacial score (nSPS) is 10.6. The van der Waals surface area contributed by atoms with E-state index in [0.29, 0.717) is 34.0 Å². The summed E-state index contributed by atoms with van der Waals surface area (Å²) in [4.78, 5) is 35.8. The molecule has 11 nitrogen and oxygen atoms in total. The molecule has 0 bridgehead atoms. The van der Waals surface area contributed by atoms with Crippen LogP contribution in [-0.2, 0) is 0 Å². The van der Waals surface area contributed by atoms with Crippen LogP contribution in [0.5, 0.6) is 0 Å². The number of nitrogen functional groups attached to an aromatic ring is 1. The summed E-state index contributed by atoms with van der Waals surface area (Å²) >= 11 is 1.41. The van der Waals surface area contributed by atoms with Gasteiger partial charge in [-0.1, -0.05) is 0 Å². The molecule has 3 heterocycles. The topological polar surface area (TPSA) is 166 Å². The molecule has 168 valence electrons. The quantitative estimate of drug-likeness (QED) is 0.236. The molecular formula is C21H21N9O2S. The second-order valence-corrected chi connectivity index (χ2v) is 8.12. The molecule has 0 saturated carbocycles. The Hall–Kier alpha value is -4.32. The highest BCUT2D eigenvalue weighted by molar-refractivity contribution is 7.99. The lowest BCUT2D eigenvalue weighted by atomic mass is 10.2. The number of carbonyl (C=O) groups excluding carboxylic acids is 1. The van der Waals surface area contributed by atoms with E-state index >= 15 is 0 Å². The predicted octanol–water partition coefficient (Wildman–Crippen LogP) is 3.63. The number of aryl methyl sites for hydroxylation is 2. The number of nitrogens with zero attached hydrogens (tertiary/aromatic N) is 3. The number of H-pyrrole nitrogens is 2. The van der Waals surface area contributed by atoms with E-state index < -0.39 is 6.03 Å². The lowest BCUT2D eigenvalue weighted by Crippen LogP contribution is -2.20. The molecule has 0 saturated heterocycles. The first-order valence-corrected chi connectivity index (χ1v) is 10.6. The third kappa shape index (κ3) is 5.89. The average molecular weight is 464 g/mol. The van der Waals surface area contributed by atoms with Crippen LogP contribution in [-0.4, -0.2) is 31.2 Å². The lowest BCUT2D eigenvalue weighted by molar-refractivity contribution is 0.262. The molecule has 0 spiro atoms. The van der Waals surface area contributed by atoms with Gasteiger partial charge in [0, 0.05) is 40.7 Å². The molecule has 4 rings (SSSR count). The van der Waals surface area contributed by atoms with Crippen LogP contribution in [0.1, 0.15) is 11.3 Å². The zero-order chi connectivity index (χ0) is 23.4. The molecule has 0 radical (unpaired) electrons. The predicted molar refractivity (Wildman–Crippen MR) is 128 cm³/mol. The van der Waals surface area contributed by atoms with E-state index in [0.717, 1.165) is 16.2 Å². The van der Waals surface area contributed by atoms with E-state index in [9.17, 15) is 9.59 Å². The smallest absolute Gasteiger partial charge is 0.323 e. The van der Waals surface area contributed by atoms with Crippen LogP contribution < -0.4 is 27.2 Å². The van der Waals surface area contributed by atoms with Crippen LogP contribution in [0.4, 0.5) is 33.6 Å². The van der Waals surface area contributed by atoms with Crippen molar-refractivity contribution in [1.29, 1.82) is 0 Å². The monoisotopic (exact) mass is 463 g/mol. The van der Waals surface area contributed by atoms with Crippen molar-refractivity contribution >= 4 is 46.6 Å². The third-order valence-electron chi connectivity index (χ3n) is 4.36. The standard InChI is InChI=1S/C21H21N9O2S/c1-11-7-13(25-20(32)26-14-4-6-19(31)23-10-14)3-5-15(11)33-21-24-12(2)8-17(28-21)27-18-9-16(22)29-30-18/h3-10H,1-2H3,(H,23,31)(H2,25,26,32)(H4,22,24,27,28,29,30). The highest BCUT2D eigenvalue weighted by Gasteiger charge is 2.10. The fourth-order valence-corrected chi connectivity index (χ4v) is 3.79. The van der Waals surface area contributed by atoms with Gasteiger partial charge in [0.05, 0.1) is 5.69 Å². The van der Waals surface area contributed by atoms with Crippen LogP contribution in [0, 0.1) is 13.8 Å². The average Bonchev–Trinajstić information content (AvgIpc) is 3.16. The van der Waals surface area contributed by atoms with Crippen molar-refractivity contribution in [2.75, 3.05) is 21.7 Å². The van der Waals surface area contributed by atoms with Gasteiger partial charge in [-0.05, 0) is 55.4 Å². The van der Waals surface area contributed by atoms with Gasteiger partial charge in [0.1, 0.15) is 11.6 Å². The second-order valence-electron chi connectivity index (χ2n) is 7.11. The first-order chi connectivity index (χ1) is 15.8. The molecule has 2 amide bonds. The Morgan fingerprint density at radius 1 is 1.00 bits per heavy atom. The third-order valence-corrected chi connectivity index (χ3v) is 5.41. The van der Waals surface area contributed by atoms with Gasteiger partial charge in [-0.15, -0.1) is 0 Å². The maximum atomic E-state index is 12.2. The van der Waals surface area contributed by atoms with Crippen LogP contribution in [0.3, 0.4) is 0 Å². The molecule has 0 fully saturated rings. The molecule has 0 unspecified atom stereocenters. The van der Waals surface area contributed by atoms with E-state index in [1.54, 1.807) is 12.1 Å². The molecule has 0 aliphatic heterocycles. The summed E-state index contributed by atoms with van der Waals surface area (Å²) in [6.45, 7) is 3.82. The summed E-state index contributed by atoms with van der Waals surface area (Å²) in [6.07, 6.45) is 1.43. The minimum Gasteiger partial charge on any atom is -0.384 e. The Balaban J connectivity index is 1.43. The van der Waals surface area contributed by atoms with Crippen LogP contribution in [0.15, 0.2) is 63.5 Å². The number of urea groups is 1. The highest BCUT2D eigenvalue weighted by Crippen LogP contribution is 2.31. The number of hydrogen-bond acceptors (Lipinski definition) is 8. The molecule has 3 aromatic heterocycles. The number of aromatic amines is 2. The van der Waals surface area contributed by atoms with Crippen LogP contribution in [0.2, 0.25) is 0 Å². The maximum absolute atomic E-state index is 12.2. The number of carbonyl (C=O) groups is 1. The minimum atomic E-state index is -0.418. The van der Waals surface area contributed by atoms with Crippen LogP contribution in [0.25, 0.3) is 0 Å². The number of nitrogens with two attached hydrogens (primary N) is 1. The minimum absolute atomic E-state index is 0.240. The fourth-order valence-electron chi connectivity index (χ4n) is 2.90. The molecular weight excluding hydrogens is 442 g/mol. The molecule has 1 aromatic carbocycles. The molecule has 0 aliphatic rings. The van der Waals surface area contributed by atoms with Crippen LogP contribution >= 0.6 is 11.8 Å². The first-order valence-electron chi connectivity index (χ1n) is 9.83. The van der Waals surface area contributed by atoms with E-state index in [1.165, 1.54) is 30.1 Å². The Kier molecular flexibility index (Phi) is 6.26. The zero-order valence-electron chi connectivity index (χ0n) is 17.8. The summed E-state index contributed by atoms with van der Waals surface area (Å²) in [7, 11) is 0. The molecule has 0 atom stereocenters. The summed E-state index contributed by atoms with van der Waals surface area (Å²) in [5.74, 6) is 1.62. The highest BCUT2D eigenvalue weighted by atomic mass is 32.2. The number of benzene rings is 1. The number of hydrogen-bond donors (Lipinski definition) is 6. The zero-order valence-corrected chi connectivity index (χ0v) is 18.6. The first kappa shape index (κ1) is 21.9. The van der Waals surface area contributed by atoms with Gasteiger partial charge in [0.15, 0.2) is 11.0 Å². The Morgan fingerprint density at radius 3 is 2.48 bits per heavy atom. The van der Waals surface area contributed by atoms with Crippen molar-refractivity contribution in [2.45, 2.75) is 23.9 Å². The number of nitrogens with one attached hydrogen (secondary N) is 5. The van der Waals surface area contributed by atoms with Gasteiger partial charge in [0.2, 0.25) is 5.56 Å². The van der Waals surface area contributed by atoms with Gasteiger partial charge in [0.25, 0.3) is 0 Å². The Bertz CT molecular complexity index is 1350. The molecule has 4 aromatic rings. The van der Waals surface area contributed by atoms with E-state index in [-0.39, 0.29) is 5.56 Å². The maximum Gasteiger partial charge on any atom is 0.323 e. The van der Waals surface area contributed by atoms with Gasteiger partial charge in [-0.25, -0.2) is 14.8 Å². The molecule has 0 aliphatic carbocycles. The summed E-state index contributed by atoms with van der Waals surface area (Å²) in [5, 5.41) is 15.8. The van der Waals surface area contributed by atoms with Gasteiger partial charge in [-0.3, -0.25) is 9.89 Å². The Morgan fingerprint density at radius 2 is 1.79 bits per heavy atom.